The van der Waals surface area contributed by atoms with Crippen LogP contribution in [0.2, 0.25) is 0 Å². The first-order valence-corrected chi connectivity index (χ1v) is 7.68. The number of pyridine rings is 2. The van der Waals surface area contributed by atoms with Crippen molar-refractivity contribution in [2.24, 2.45) is 0 Å². The van der Waals surface area contributed by atoms with Gasteiger partial charge >= 0.3 is 0 Å². The molecule has 3 rings (SSSR count). The molecule has 0 saturated heterocycles. The molecule has 0 saturated carbocycles. The van der Waals surface area contributed by atoms with E-state index in [-0.39, 0.29) is 0 Å². The van der Waals surface area contributed by atoms with Gasteiger partial charge in [0.1, 0.15) is 0 Å². The molecule has 0 amide bonds. The van der Waals surface area contributed by atoms with Gasteiger partial charge in [0.05, 0.1) is 5.69 Å². The molecule has 0 fully saturated rings. The van der Waals surface area contributed by atoms with Crippen molar-refractivity contribution in [2.75, 3.05) is 0 Å². The van der Waals surface area contributed by atoms with Crippen LogP contribution in [0.4, 0.5) is 0 Å². The van der Waals surface area contributed by atoms with E-state index < -0.39 is 0 Å². The lowest BCUT2D eigenvalue weighted by Gasteiger charge is -2.20. The normalized spacial score (nSPS) is 13.5. The summed E-state index contributed by atoms with van der Waals surface area (Å²) < 4.78 is 0. The summed E-state index contributed by atoms with van der Waals surface area (Å²) in [5, 5.41) is 0. The van der Waals surface area contributed by atoms with E-state index >= 15 is 0 Å². The third kappa shape index (κ3) is 3.06. The van der Waals surface area contributed by atoms with Crippen molar-refractivity contribution in [3.05, 3.63) is 84.3 Å². The summed E-state index contributed by atoms with van der Waals surface area (Å²) in [5.41, 5.74) is 4.64. The number of nitrogens with zero attached hydrogens (tertiary/aromatic N) is 2. The number of aromatic nitrogens is 2. The van der Waals surface area contributed by atoms with Gasteiger partial charge in [-0.2, -0.15) is 0 Å². The Morgan fingerprint density at radius 2 is 1.36 bits per heavy atom. The topological polar surface area (TPSA) is 25.8 Å². The lowest BCUT2D eigenvalue weighted by molar-refractivity contribution is 0.608. The van der Waals surface area contributed by atoms with Crippen LogP contribution in [0.3, 0.4) is 0 Å². The van der Waals surface area contributed by atoms with Crippen LogP contribution in [-0.2, 0) is 0 Å². The summed E-state index contributed by atoms with van der Waals surface area (Å²) in [6, 6.07) is 20.8. The molecule has 0 aliphatic rings. The Bertz CT molecular complexity index is 706. The summed E-state index contributed by atoms with van der Waals surface area (Å²) in [5.74, 6) is 0.814. The van der Waals surface area contributed by atoms with E-state index in [1.165, 1.54) is 5.56 Å². The molecule has 2 aromatic heterocycles. The monoisotopic (exact) mass is 288 g/mol. The fourth-order valence-electron chi connectivity index (χ4n) is 2.68. The van der Waals surface area contributed by atoms with Gasteiger partial charge in [0, 0.05) is 29.6 Å². The molecule has 22 heavy (non-hydrogen) atoms. The van der Waals surface area contributed by atoms with Crippen LogP contribution in [0.5, 0.6) is 0 Å². The summed E-state index contributed by atoms with van der Waals surface area (Å²) >= 11 is 0. The maximum atomic E-state index is 4.48. The molecule has 0 aliphatic carbocycles. The van der Waals surface area contributed by atoms with Gasteiger partial charge in [0.2, 0.25) is 0 Å². The smallest absolute Gasteiger partial charge is 0.0701 e. The molecule has 1 aromatic carbocycles. The summed E-state index contributed by atoms with van der Waals surface area (Å²) in [6.45, 7) is 4.49. The number of benzene rings is 1. The van der Waals surface area contributed by atoms with Gasteiger partial charge in [-0.05, 0) is 35.7 Å². The molecule has 2 atom stereocenters. The maximum absolute atomic E-state index is 4.48. The van der Waals surface area contributed by atoms with Crippen LogP contribution in [-0.4, -0.2) is 9.97 Å². The van der Waals surface area contributed by atoms with Crippen LogP contribution >= 0.6 is 0 Å². The first-order chi connectivity index (χ1) is 10.8. The van der Waals surface area contributed by atoms with Crippen molar-refractivity contribution < 1.29 is 0 Å². The van der Waals surface area contributed by atoms with Crippen LogP contribution in [0.25, 0.3) is 11.3 Å². The Kier molecular flexibility index (Phi) is 4.29. The van der Waals surface area contributed by atoms with Crippen molar-refractivity contribution in [1.82, 2.24) is 9.97 Å². The quantitative estimate of drug-likeness (QED) is 0.671. The Morgan fingerprint density at radius 1 is 0.682 bits per heavy atom. The van der Waals surface area contributed by atoms with Gasteiger partial charge in [-0.15, -0.1) is 0 Å². The standard InChI is InChI=1S/C20H20N2/c1-15(16(2)19-7-3-5-13-21-19)17-9-11-18(12-10-17)20-8-4-6-14-22-20/h3-16H,1-2H3. The summed E-state index contributed by atoms with van der Waals surface area (Å²) in [6.07, 6.45) is 3.69. The van der Waals surface area contributed by atoms with E-state index in [9.17, 15) is 0 Å². The van der Waals surface area contributed by atoms with Gasteiger partial charge in [-0.3, -0.25) is 9.97 Å². The molecule has 3 aromatic rings. The first kappa shape index (κ1) is 14.5. The van der Waals surface area contributed by atoms with Crippen molar-refractivity contribution in [1.29, 1.82) is 0 Å². The largest absolute Gasteiger partial charge is 0.261 e. The molecule has 2 nitrogen and oxygen atoms in total. The second kappa shape index (κ2) is 6.52. The Balaban J connectivity index is 1.81. The Morgan fingerprint density at radius 3 is 1.95 bits per heavy atom. The highest BCUT2D eigenvalue weighted by Gasteiger charge is 2.17. The average Bonchev–Trinajstić information content (AvgIpc) is 2.62. The SMILES string of the molecule is CC(c1ccc(-c2ccccn2)cc1)C(C)c1ccccn1. The van der Waals surface area contributed by atoms with Crippen LogP contribution in [0, 0.1) is 0 Å². The molecule has 0 bridgehead atoms. The highest BCUT2D eigenvalue weighted by Crippen LogP contribution is 2.32. The van der Waals surface area contributed by atoms with E-state index in [0.717, 1.165) is 17.0 Å². The fourth-order valence-corrected chi connectivity index (χ4v) is 2.68. The Labute approximate surface area is 131 Å². The zero-order chi connectivity index (χ0) is 15.4. The molecule has 0 spiro atoms. The third-order valence-electron chi connectivity index (χ3n) is 4.30. The minimum atomic E-state index is 0.391. The fraction of sp³-hybridized carbons (Fsp3) is 0.200. The van der Waals surface area contributed by atoms with Crippen LogP contribution in [0.1, 0.15) is 36.9 Å². The number of hydrogen-bond donors (Lipinski definition) is 0. The van der Waals surface area contributed by atoms with Crippen molar-refractivity contribution in [2.45, 2.75) is 25.7 Å². The van der Waals surface area contributed by atoms with Gasteiger partial charge in [-0.1, -0.05) is 50.2 Å². The van der Waals surface area contributed by atoms with E-state index in [2.05, 4.69) is 60.2 Å². The third-order valence-corrected chi connectivity index (χ3v) is 4.30. The van der Waals surface area contributed by atoms with Crippen LogP contribution in [0.15, 0.2) is 73.1 Å². The molecule has 2 unspecified atom stereocenters. The summed E-state index contributed by atoms with van der Waals surface area (Å²) in [4.78, 5) is 8.88. The Hall–Kier alpha value is -2.48. The molecule has 2 heterocycles. The number of rotatable bonds is 4. The van der Waals surface area contributed by atoms with E-state index in [1.54, 1.807) is 0 Å². The van der Waals surface area contributed by atoms with Crippen molar-refractivity contribution >= 4 is 0 Å². The van der Waals surface area contributed by atoms with E-state index in [1.807, 2.05) is 36.7 Å². The molecule has 2 heteroatoms. The highest BCUT2D eigenvalue weighted by atomic mass is 14.7. The number of hydrogen-bond acceptors (Lipinski definition) is 2. The lowest BCUT2D eigenvalue weighted by atomic mass is 9.86. The molecular formula is C20H20N2. The van der Waals surface area contributed by atoms with E-state index in [4.69, 9.17) is 0 Å². The van der Waals surface area contributed by atoms with Crippen molar-refractivity contribution in [3.8, 4) is 11.3 Å². The van der Waals surface area contributed by atoms with Gasteiger partial charge in [0.25, 0.3) is 0 Å². The molecule has 0 N–H and O–H groups in total. The second-order valence-electron chi connectivity index (χ2n) is 5.67. The molecule has 110 valence electrons. The van der Waals surface area contributed by atoms with Crippen molar-refractivity contribution in [3.63, 3.8) is 0 Å². The predicted molar refractivity (Wildman–Crippen MR) is 90.7 cm³/mol. The summed E-state index contributed by atoms with van der Waals surface area (Å²) in [7, 11) is 0. The molecule has 0 radical (unpaired) electrons. The van der Waals surface area contributed by atoms with E-state index in [0.29, 0.717) is 11.8 Å². The highest BCUT2D eigenvalue weighted by molar-refractivity contribution is 5.59. The zero-order valence-electron chi connectivity index (χ0n) is 13.0. The molecule has 0 aliphatic heterocycles. The average molecular weight is 288 g/mol. The minimum Gasteiger partial charge on any atom is -0.261 e. The van der Waals surface area contributed by atoms with Gasteiger partial charge in [0.15, 0.2) is 0 Å². The van der Waals surface area contributed by atoms with Gasteiger partial charge < -0.3 is 0 Å². The predicted octanol–water partition coefficient (Wildman–Crippen LogP) is 5.05. The minimum absolute atomic E-state index is 0.391. The first-order valence-electron chi connectivity index (χ1n) is 7.68. The second-order valence-corrected chi connectivity index (χ2v) is 5.67. The maximum Gasteiger partial charge on any atom is 0.0701 e. The molecular weight excluding hydrogens is 268 g/mol. The lowest BCUT2D eigenvalue weighted by Crippen LogP contribution is -2.06. The zero-order valence-corrected chi connectivity index (χ0v) is 13.0. The van der Waals surface area contributed by atoms with Gasteiger partial charge in [-0.25, -0.2) is 0 Å². The van der Waals surface area contributed by atoms with Crippen LogP contribution < -0.4 is 0 Å².